The van der Waals surface area contributed by atoms with Crippen molar-refractivity contribution in [3.05, 3.63) is 104 Å². The maximum absolute atomic E-state index is 12.4. The van der Waals surface area contributed by atoms with E-state index in [9.17, 15) is 9.59 Å². The zero-order valence-corrected chi connectivity index (χ0v) is 15.9. The normalized spacial score (nSPS) is 12.3. The maximum atomic E-state index is 12.4. The van der Waals surface area contributed by atoms with Crippen LogP contribution in [0.1, 0.15) is 29.5 Å². The van der Waals surface area contributed by atoms with E-state index in [0.29, 0.717) is 12.1 Å². The summed E-state index contributed by atoms with van der Waals surface area (Å²) in [5.41, 5.74) is 2.44. The van der Waals surface area contributed by atoms with Crippen LogP contribution < -0.4 is 16.6 Å². The molecule has 1 atom stereocenters. The quantitative estimate of drug-likeness (QED) is 0.732. The molecular formula is C22H25N3O2. The summed E-state index contributed by atoms with van der Waals surface area (Å²) in [4.78, 5) is 24.2. The van der Waals surface area contributed by atoms with E-state index in [-0.39, 0.29) is 23.2 Å². The molecule has 0 radical (unpaired) electrons. The summed E-state index contributed by atoms with van der Waals surface area (Å²) in [6.07, 6.45) is 1.62. The summed E-state index contributed by atoms with van der Waals surface area (Å²) in [7, 11) is 3.17. The van der Waals surface area contributed by atoms with Crippen molar-refractivity contribution in [2.24, 2.45) is 14.1 Å². The third kappa shape index (κ3) is 4.09. The van der Waals surface area contributed by atoms with E-state index in [1.54, 1.807) is 13.2 Å². The minimum Gasteiger partial charge on any atom is -0.309 e. The number of nitrogens with zero attached hydrogens (tertiary/aromatic N) is 2. The van der Waals surface area contributed by atoms with Crippen molar-refractivity contribution in [1.29, 1.82) is 0 Å². The van der Waals surface area contributed by atoms with Crippen LogP contribution in [0.25, 0.3) is 0 Å². The van der Waals surface area contributed by atoms with Gasteiger partial charge in [0, 0.05) is 44.4 Å². The van der Waals surface area contributed by atoms with Crippen molar-refractivity contribution in [2.75, 3.05) is 0 Å². The average Bonchev–Trinajstić information content (AvgIpc) is 2.70. The molecule has 140 valence electrons. The summed E-state index contributed by atoms with van der Waals surface area (Å²) in [5.74, 6) is 0.156. The lowest BCUT2D eigenvalue weighted by atomic mass is 9.86. The van der Waals surface area contributed by atoms with Crippen molar-refractivity contribution >= 4 is 0 Å². The summed E-state index contributed by atoms with van der Waals surface area (Å²) in [6, 6.07) is 20.8. The molecule has 0 fully saturated rings. The molecule has 0 bridgehead atoms. The second-order valence-corrected chi connectivity index (χ2v) is 6.88. The van der Waals surface area contributed by atoms with E-state index >= 15 is 0 Å². The molecule has 1 unspecified atom stereocenters. The van der Waals surface area contributed by atoms with Crippen molar-refractivity contribution in [3.8, 4) is 0 Å². The molecular weight excluding hydrogens is 338 g/mol. The van der Waals surface area contributed by atoms with Crippen molar-refractivity contribution < 1.29 is 0 Å². The number of aromatic nitrogens is 2. The molecule has 5 nitrogen and oxygen atoms in total. The first-order valence-electron chi connectivity index (χ1n) is 9.08. The number of rotatable bonds is 6. The molecule has 0 aliphatic rings. The van der Waals surface area contributed by atoms with Gasteiger partial charge in [0.25, 0.3) is 5.56 Å². The Morgan fingerprint density at radius 2 is 1.41 bits per heavy atom. The fourth-order valence-corrected chi connectivity index (χ4v) is 3.48. The molecule has 1 N–H and O–H groups in total. The number of hydrogen-bond acceptors (Lipinski definition) is 3. The van der Waals surface area contributed by atoms with Gasteiger partial charge in [0.1, 0.15) is 0 Å². The first kappa shape index (κ1) is 18.9. The SMILES string of the molecule is CC(NCc1cn(C)c(=O)n(C)c1=O)C(c1ccccc1)c1ccccc1. The van der Waals surface area contributed by atoms with Crippen LogP contribution in [0.4, 0.5) is 0 Å². The Labute approximate surface area is 158 Å². The molecule has 1 heterocycles. The fourth-order valence-electron chi connectivity index (χ4n) is 3.48. The molecule has 0 spiro atoms. The van der Waals surface area contributed by atoms with Gasteiger partial charge in [-0.2, -0.15) is 0 Å². The van der Waals surface area contributed by atoms with Crippen LogP contribution in [-0.4, -0.2) is 15.2 Å². The minimum absolute atomic E-state index is 0.0942. The number of benzene rings is 2. The van der Waals surface area contributed by atoms with Gasteiger partial charge in [-0.15, -0.1) is 0 Å². The molecule has 0 aliphatic heterocycles. The maximum Gasteiger partial charge on any atom is 0.330 e. The van der Waals surface area contributed by atoms with Crippen molar-refractivity contribution in [1.82, 2.24) is 14.5 Å². The Morgan fingerprint density at radius 1 is 0.889 bits per heavy atom. The van der Waals surface area contributed by atoms with Gasteiger partial charge in [-0.05, 0) is 18.1 Å². The lowest BCUT2D eigenvalue weighted by molar-refractivity contribution is 0.492. The molecule has 27 heavy (non-hydrogen) atoms. The summed E-state index contributed by atoms with van der Waals surface area (Å²) < 4.78 is 2.59. The van der Waals surface area contributed by atoms with Crippen LogP contribution in [0.2, 0.25) is 0 Å². The van der Waals surface area contributed by atoms with Crippen molar-refractivity contribution in [3.63, 3.8) is 0 Å². The molecule has 3 aromatic rings. The van der Waals surface area contributed by atoms with Crippen LogP contribution in [0.5, 0.6) is 0 Å². The van der Waals surface area contributed by atoms with E-state index in [0.717, 1.165) is 4.57 Å². The molecule has 0 aliphatic carbocycles. The Kier molecular flexibility index (Phi) is 5.72. The predicted molar refractivity (Wildman–Crippen MR) is 108 cm³/mol. The first-order chi connectivity index (χ1) is 13.0. The predicted octanol–water partition coefficient (Wildman–Crippen LogP) is 2.39. The second kappa shape index (κ2) is 8.18. The fraction of sp³-hybridized carbons (Fsp3) is 0.273. The van der Waals surface area contributed by atoms with Crippen molar-refractivity contribution in [2.45, 2.75) is 25.4 Å². The van der Waals surface area contributed by atoms with Crippen LogP contribution in [-0.2, 0) is 20.6 Å². The summed E-state index contributed by atoms with van der Waals surface area (Å²) in [5, 5.41) is 3.48. The topological polar surface area (TPSA) is 56.0 Å². The Morgan fingerprint density at radius 3 is 1.93 bits per heavy atom. The summed E-state index contributed by atoms with van der Waals surface area (Å²) >= 11 is 0. The molecule has 0 saturated carbocycles. The molecule has 0 amide bonds. The third-order valence-electron chi connectivity index (χ3n) is 4.95. The highest BCUT2D eigenvalue weighted by Gasteiger charge is 2.21. The van der Waals surface area contributed by atoms with E-state index < -0.39 is 0 Å². The van der Waals surface area contributed by atoms with Crippen LogP contribution in [0.15, 0.2) is 76.4 Å². The first-order valence-corrected chi connectivity index (χ1v) is 9.08. The smallest absolute Gasteiger partial charge is 0.309 e. The number of hydrogen-bond donors (Lipinski definition) is 1. The zero-order valence-electron chi connectivity index (χ0n) is 15.9. The van der Waals surface area contributed by atoms with Gasteiger partial charge < -0.3 is 9.88 Å². The lowest BCUT2D eigenvalue weighted by Crippen LogP contribution is -2.41. The zero-order chi connectivity index (χ0) is 19.4. The van der Waals surface area contributed by atoms with Gasteiger partial charge in [-0.1, -0.05) is 60.7 Å². The Balaban J connectivity index is 1.87. The largest absolute Gasteiger partial charge is 0.330 e. The van der Waals surface area contributed by atoms with E-state index in [1.807, 2.05) is 36.4 Å². The van der Waals surface area contributed by atoms with E-state index in [1.165, 1.54) is 22.7 Å². The highest BCUT2D eigenvalue weighted by molar-refractivity contribution is 5.34. The van der Waals surface area contributed by atoms with Gasteiger partial charge >= 0.3 is 5.69 Å². The molecule has 5 heteroatoms. The lowest BCUT2D eigenvalue weighted by Gasteiger charge is -2.26. The van der Waals surface area contributed by atoms with Gasteiger partial charge in [0.2, 0.25) is 0 Å². The van der Waals surface area contributed by atoms with Gasteiger partial charge in [-0.25, -0.2) is 4.79 Å². The summed E-state index contributed by atoms with van der Waals surface area (Å²) in [6.45, 7) is 2.52. The molecule has 0 saturated heterocycles. The number of aryl methyl sites for hydroxylation is 1. The van der Waals surface area contributed by atoms with E-state index in [2.05, 4.69) is 36.5 Å². The Hall–Kier alpha value is -2.92. The molecule has 1 aromatic heterocycles. The van der Waals surface area contributed by atoms with Gasteiger partial charge in [-0.3, -0.25) is 9.36 Å². The van der Waals surface area contributed by atoms with E-state index in [4.69, 9.17) is 0 Å². The highest BCUT2D eigenvalue weighted by Crippen LogP contribution is 2.28. The van der Waals surface area contributed by atoms with Gasteiger partial charge in [0.05, 0.1) is 0 Å². The Bertz CT molecular complexity index is 968. The number of nitrogens with one attached hydrogen (secondary N) is 1. The minimum atomic E-state index is -0.316. The molecule has 3 rings (SSSR count). The highest BCUT2D eigenvalue weighted by atomic mass is 16.2. The van der Waals surface area contributed by atoms with Gasteiger partial charge in [0.15, 0.2) is 0 Å². The monoisotopic (exact) mass is 363 g/mol. The molecule has 2 aromatic carbocycles. The van der Waals surface area contributed by atoms with Crippen LogP contribution in [0.3, 0.4) is 0 Å². The standard InChI is InChI=1S/C22H25N3O2/c1-16(23-14-19-15-24(2)22(27)25(3)21(19)26)20(17-10-6-4-7-11-17)18-12-8-5-9-13-18/h4-13,15-16,20,23H,14H2,1-3H3. The van der Waals surface area contributed by atoms with Crippen LogP contribution in [0, 0.1) is 0 Å². The second-order valence-electron chi connectivity index (χ2n) is 6.88. The average molecular weight is 363 g/mol. The van der Waals surface area contributed by atoms with Crippen LogP contribution >= 0.6 is 0 Å². The third-order valence-corrected chi connectivity index (χ3v) is 4.95.